The molecule has 0 amide bonds. The van der Waals surface area contributed by atoms with Crippen molar-refractivity contribution in [3.8, 4) is 39.1 Å². The van der Waals surface area contributed by atoms with Crippen LogP contribution in [0.25, 0.3) is 71.6 Å². The topological polar surface area (TPSA) is 8.17 Å². The van der Waals surface area contributed by atoms with E-state index in [0.29, 0.717) is 0 Å². The summed E-state index contributed by atoms with van der Waals surface area (Å²) in [6, 6.07) is 78.8. The number of benzene rings is 9. The third-order valence-electron chi connectivity index (χ3n) is 10.6. The number of rotatable bonds is 7. The van der Waals surface area contributed by atoms with E-state index in [-0.39, 0.29) is 0 Å². The van der Waals surface area contributed by atoms with Gasteiger partial charge in [0.2, 0.25) is 0 Å². The van der Waals surface area contributed by atoms with E-state index in [4.69, 9.17) is 0 Å². The molecular weight excluding hydrogens is 653 g/mol. The van der Waals surface area contributed by atoms with Gasteiger partial charge in [0.05, 0.1) is 11.0 Å². The number of anilines is 3. The van der Waals surface area contributed by atoms with Crippen LogP contribution in [0, 0.1) is 0 Å². The average molecular weight is 689 g/mol. The molecule has 54 heavy (non-hydrogen) atoms. The first-order chi connectivity index (χ1) is 26.8. The summed E-state index contributed by atoms with van der Waals surface area (Å²) in [7, 11) is 0. The maximum Gasteiger partial charge on any atom is 0.0547 e. The highest BCUT2D eigenvalue weighted by molar-refractivity contribution is 6.16. The Morgan fingerprint density at radius 1 is 0.315 bits per heavy atom. The zero-order valence-corrected chi connectivity index (χ0v) is 29.7. The summed E-state index contributed by atoms with van der Waals surface area (Å²) in [6.45, 7) is 0. The standard InChI is InChI=1S/C52H36N2/c1-3-13-37(14-4-1)39-25-27-40(28-26-39)41-29-32-45(33-30-41)53(44-18-5-2-6-19-44)46-20-11-17-43(36-46)48-22-12-24-51-52(48)49-21-9-10-23-50(49)54(51)47-34-31-38-15-7-8-16-42(38)35-47/h1-36H. The lowest BCUT2D eigenvalue weighted by Crippen LogP contribution is -2.09. The first kappa shape index (κ1) is 31.6. The molecule has 2 heteroatoms. The Hall–Kier alpha value is -7.16. The number of para-hydroxylation sites is 2. The minimum absolute atomic E-state index is 1.11. The lowest BCUT2D eigenvalue weighted by atomic mass is 9.98. The maximum absolute atomic E-state index is 2.41. The van der Waals surface area contributed by atoms with Crippen LogP contribution in [-0.2, 0) is 0 Å². The molecule has 9 aromatic carbocycles. The molecule has 0 N–H and O–H groups in total. The summed E-state index contributed by atoms with van der Waals surface area (Å²) >= 11 is 0. The van der Waals surface area contributed by atoms with Crippen molar-refractivity contribution >= 4 is 49.6 Å². The molecule has 1 aromatic heterocycles. The van der Waals surface area contributed by atoms with Crippen molar-refractivity contribution in [3.05, 3.63) is 218 Å². The van der Waals surface area contributed by atoms with Crippen LogP contribution in [0.1, 0.15) is 0 Å². The van der Waals surface area contributed by atoms with Gasteiger partial charge in [-0.05, 0) is 105 Å². The van der Waals surface area contributed by atoms with Crippen LogP contribution in [0.3, 0.4) is 0 Å². The van der Waals surface area contributed by atoms with Gasteiger partial charge >= 0.3 is 0 Å². The molecule has 0 unspecified atom stereocenters. The van der Waals surface area contributed by atoms with Gasteiger partial charge in [0.25, 0.3) is 0 Å². The predicted octanol–water partition coefficient (Wildman–Crippen LogP) is 14.4. The SMILES string of the molecule is c1ccc(-c2ccc(-c3ccc(N(c4ccccc4)c4cccc(-c5cccc6c5c5ccccc5n6-c5ccc6ccccc6c5)c4)cc3)cc2)cc1. The molecule has 1 heterocycles. The van der Waals surface area contributed by atoms with Crippen molar-refractivity contribution < 1.29 is 0 Å². The summed E-state index contributed by atoms with van der Waals surface area (Å²) in [5, 5.41) is 4.98. The Labute approximate surface area is 315 Å². The van der Waals surface area contributed by atoms with Gasteiger partial charge in [0, 0.05) is 33.5 Å². The van der Waals surface area contributed by atoms with Gasteiger partial charge in [0.15, 0.2) is 0 Å². The number of nitrogens with zero attached hydrogens (tertiary/aromatic N) is 2. The van der Waals surface area contributed by atoms with Gasteiger partial charge < -0.3 is 9.47 Å². The number of hydrogen-bond acceptors (Lipinski definition) is 1. The monoisotopic (exact) mass is 688 g/mol. The van der Waals surface area contributed by atoms with E-state index >= 15 is 0 Å². The smallest absolute Gasteiger partial charge is 0.0547 e. The Bertz CT molecular complexity index is 2910. The van der Waals surface area contributed by atoms with Gasteiger partial charge in [-0.25, -0.2) is 0 Å². The van der Waals surface area contributed by atoms with E-state index in [0.717, 1.165) is 22.7 Å². The molecule has 0 radical (unpaired) electrons. The van der Waals surface area contributed by atoms with E-state index in [1.54, 1.807) is 0 Å². The Balaban J connectivity index is 1.06. The molecule has 0 aliphatic rings. The summed E-state index contributed by atoms with van der Waals surface area (Å²) in [5.74, 6) is 0. The van der Waals surface area contributed by atoms with Crippen molar-refractivity contribution in [3.63, 3.8) is 0 Å². The van der Waals surface area contributed by atoms with Gasteiger partial charge in [0.1, 0.15) is 0 Å². The van der Waals surface area contributed by atoms with E-state index in [2.05, 4.69) is 228 Å². The van der Waals surface area contributed by atoms with E-state index in [1.165, 1.54) is 66.0 Å². The van der Waals surface area contributed by atoms with Crippen LogP contribution in [0.4, 0.5) is 17.1 Å². The van der Waals surface area contributed by atoms with Gasteiger partial charge in [-0.2, -0.15) is 0 Å². The third-order valence-corrected chi connectivity index (χ3v) is 10.6. The Morgan fingerprint density at radius 2 is 0.852 bits per heavy atom. The Kier molecular flexibility index (Phi) is 7.85. The Morgan fingerprint density at radius 3 is 1.61 bits per heavy atom. The number of aromatic nitrogens is 1. The van der Waals surface area contributed by atoms with E-state index in [1.807, 2.05) is 0 Å². The second kappa shape index (κ2) is 13.4. The van der Waals surface area contributed by atoms with Crippen LogP contribution < -0.4 is 4.90 Å². The zero-order chi connectivity index (χ0) is 35.8. The first-order valence-corrected chi connectivity index (χ1v) is 18.5. The molecule has 0 saturated carbocycles. The van der Waals surface area contributed by atoms with Crippen LogP contribution in [0.15, 0.2) is 218 Å². The van der Waals surface area contributed by atoms with Crippen LogP contribution in [0.2, 0.25) is 0 Å². The fourth-order valence-corrected chi connectivity index (χ4v) is 7.98. The van der Waals surface area contributed by atoms with Gasteiger partial charge in [-0.1, -0.05) is 158 Å². The summed E-state index contributed by atoms with van der Waals surface area (Å²) in [5.41, 5.74) is 14.1. The average Bonchev–Trinajstić information content (AvgIpc) is 3.59. The quantitative estimate of drug-likeness (QED) is 0.162. The summed E-state index contributed by atoms with van der Waals surface area (Å²) in [4.78, 5) is 2.35. The van der Waals surface area contributed by atoms with Crippen LogP contribution in [-0.4, -0.2) is 4.57 Å². The lowest BCUT2D eigenvalue weighted by Gasteiger charge is -2.26. The van der Waals surface area contributed by atoms with E-state index in [9.17, 15) is 0 Å². The molecule has 2 nitrogen and oxygen atoms in total. The molecule has 0 fully saturated rings. The highest BCUT2D eigenvalue weighted by atomic mass is 15.1. The zero-order valence-electron chi connectivity index (χ0n) is 29.7. The second-order valence-electron chi connectivity index (χ2n) is 13.8. The molecule has 10 aromatic rings. The van der Waals surface area contributed by atoms with Crippen molar-refractivity contribution in [1.29, 1.82) is 0 Å². The molecule has 0 bridgehead atoms. The fraction of sp³-hybridized carbons (Fsp3) is 0. The highest BCUT2D eigenvalue weighted by Crippen LogP contribution is 2.42. The fourth-order valence-electron chi connectivity index (χ4n) is 7.98. The normalized spacial score (nSPS) is 11.3. The second-order valence-corrected chi connectivity index (χ2v) is 13.8. The maximum atomic E-state index is 2.41. The molecule has 0 saturated heterocycles. The summed E-state index contributed by atoms with van der Waals surface area (Å²) < 4.78 is 2.41. The number of fused-ring (bicyclic) bond motifs is 4. The molecular formula is C52H36N2. The molecule has 10 rings (SSSR count). The molecule has 0 spiro atoms. The number of hydrogen-bond donors (Lipinski definition) is 0. The van der Waals surface area contributed by atoms with Crippen LogP contribution in [0.5, 0.6) is 0 Å². The predicted molar refractivity (Wildman–Crippen MR) is 229 cm³/mol. The van der Waals surface area contributed by atoms with Crippen LogP contribution >= 0.6 is 0 Å². The molecule has 0 aliphatic heterocycles. The van der Waals surface area contributed by atoms with Crippen molar-refractivity contribution in [2.45, 2.75) is 0 Å². The van der Waals surface area contributed by atoms with Crippen molar-refractivity contribution in [2.75, 3.05) is 4.90 Å². The van der Waals surface area contributed by atoms with Crippen molar-refractivity contribution in [2.24, 2.45) is 0 Å². The van der Waals surface area contributed by atoms with E-state index < -0.39 is 0 Å². The molecule has 254 valence electrons. The van der Waals surface area contributed by atoms with Gasteiger partial charge in [-0.15, -0.1) is 0 Å². The van der Waals surface area contributed by atoms with Crippen molar-refractivity contribution in [1.82, 2.24) is 4.57 Å². The minimum Gasteiger partial charge on any atom is -0.310 e. The first-order valence-electron chi connectivity index (χ1n) is 18.5. The summed E-state index contributed by atoms with van der Waals surface area (Å²) in [6.07, 6.45) is 0. The lowest BCUT2D eigenvalue weighted by molar-refractivity contribution is 1.19. The minimum atomic E-state index is 1.11. The highest BCUT2D eigenvalue weighted by Gasteiger charge is 2.18. The molecule has 0 atom stereocenters. The third kappa shape index (κ3) is 5.62. The molecule has 0 aliphatic carbocycles. The largest absolute Gasteiger partial charge is 0.310 e. The van der Waals surface area contributed by atoms with Gasteiger partial charge in [-0.3, -0.25) is 0 Å².